The summed E-state index contributed by atoms with van der Waals surface area (Å²) in [7, 11) is 0. The van der Waals surface area contributed by atoms with E-state index in [1.165, 1.54) is 12.3 Å². The van der Waals surface area contributed by atoms with E-state index in [1.807, 2.05) is 6.07 Å². The number of H-pyrrole nitrogens is 1. The van der Waals surface area contributed by atoms with E-state index in [0.29, 0.717) is 34.0 Å². The van der Waals surface area contributed by atoms with Gasteiger partial charge in [-0.1, -0.05) is 23.7 Å². The number of hydrogen-bond donors (Lipinski definition) is 2. The van der Waals surface area contributed by atoms with Crippen molar-refractivity contribution in [2.45, 2.75) is 6.54 Å². The van der Waals surface area contributed by atoms with Crippen LogP contribution in [-0.2, 0) is 6.54 Å². The summed E-state index contributed by atoms with van der Waals surface area (Å²) >= 11 is 5.82. The van der Waals surface area contributed by atoms with E-state index in [4.69, 9.17) is 16.9 Å². The average Bonchev–Trinajstić information content (AvgIpc) is 3.17. The molecule has 2 aromatic carbocycles. The lowest BCUT2D eigenvalue weighted by Crippen LogP contribution is -2.23. The first-order valence-corrected chi connectivity index (χ1v) is 8.20. The highest BCUT2D eigenvalue weighted by Gasteiger charge is 2.14. The van der Waals surface area contributed by atoms with Gasteiger partial charge in [-0.05, 0) is 48.0 Å². The van der Waals surface area contributed by atoms with Crippen molar-refractivity contribution in [2.24, 2.45) is 0 Å². The zero-order chi connectivity index (χ0) is 18.5. The van der Waals surface area contributed by atoms with Crippen LogP contribution in [0, 0.1) is 11.3 Å². The van der Waals surface area contributed by atoms with Gasteiger partial charge in [0.2, 0.25) is 0 Å². The Labute approximate surface area is 155 Å². The Bertz CT molecular complexity index is 983. The van der Waals surface area contributed by atoms with Gasteiger partial charge >= 0.3 is 0 Å². The second kappa shape index (κ2) is 7.68. The van der Waals surface area contributed by atoms with E-state index < -0.39 is 0 Å². The standard InChI is InChI=1S/C20H14ClN3O2/c21-17-7-5-15(6-8-17)19(25)16-9-18(23-12-16)20(26)24-11-14-3-1-13(10-22)2-4-14/h1-9,12,23H,11H2,(H,24,26). The Morgan fingerprint density at radius 1 is 1.04 bits per heavy atom. The second-order valence-corrected chi connectivity index (χ2v) is 6.07. The molecule has 0 atom stereocenters. The first kappa shape index (κ1) is 17.5. The smallest absolute Gasteiger partial charge is 0.267 e. The number of carbonyl (C=O) groups excluding carboxylic acids is 2. The summed E-state index contributed by atoms with van der Waals surface area (Å²) in [5, 5.41) is 12.1. The minimum atomic E-state index is -0.315. The van der Waals surface area contributed by atoms with E-state index in [0.717, 1.165) is 5.56 Å². The molecule has 0 radical (unpaired) electrons. The van der Waals surface area contributed by atoms with Gasteiger partial charge in [0.1, 0.15) is 5.69 Å². The fraction of sp³-hybridized carbons (Fsp3) is 0.0500. The lowest BCUT2D eigenvalue weighted by Gasteiger charge is -2.04. The molecular weight excluding hydrogens is 350 g/mol. The Hall–Kier alpha value is -3.36. The first-order chi connectivity index (χ1) is 12.6. The van der Waals surface area contributed by atoms with E-state index in [9.17, 15) is 9.59 Å². The number of nitrogens with one attached hydrogen (secondary N) is 2. The molecule has 0 bridgehead atoms. The van der Waals surface area contributed by atoms with Gasteiger partial charge in [0.15, 0.2) is 5.78 Å². The minimum Gasteiger partial charge on any atom is -0.356 e. The van der Waals surface area contributed by atoms with Crippen molar-refractivity contribution in [2.75, 3.05) is 0 Å². The van der Waals surface area contributed by atoms with E-state index >= 15 is 0 Å². The van der Waals surface area contributed by atoms with Crippen LogP contribution in [0.15, 0.2) is 60.8 Å². The maximum absolute atomic E-state index is 12.4. The first-order valence-electron chi connectivity index (χ1n) is 7.83. The maximum atomic E-state index is 12.4. The van der Waals surface area contributed by atoms with Crippen molar-refractivity contribution in [3.8, 4) is 6.07 Å². The van der Waals surface area contributed by atoms with Crippen LogP contribution in [0.1, 0.15) is 37.5 Å². The Morgan fingerprint density at radius 3 is 2.38 bits per heavy atom. The second-order valence-electron chi connectivity index (χ2n) is 5.63. The number of hydrogen-bond acceptors (Lipinski definition) is 3. The summed E-state index contributed by atoms with van der Waals surface area (Å²) < 4.78 is 0. The van der Waals surface area contributed by atoms with E-state index in [1.54, 1.807) is 48.5 Å². The molecule has 0 aliphatic rings. The Morgan fingerprint density at radius 2 is 1.73 bits per heavy atom. The predicted molar refractivity (Wildman–Crippen MR) is 98.0 cm³/mol. The van der Waals surface area contributed by atoms with Crippen LogP contribution in [-0.4, -0.2) is 16.7 Å². The highest BCUT2D eigenvalue weighted by molar-refractivity contribution is 6.30. The molecule has 0 fully saturated rings. The molecule has 1 aromatic heterocycles. The topological polar surface area (TPSA) is 85.8 Å². The Kier molecular flexibility index (Phi) is 5.16. The van der Waals surface area contributed by atoms with Gasteiger partial charge in [0.25, 0.3) is 5.91 Å². The third-order valence-corrected chi connectivity index (χ3v) is 4.08. The summed E-state index contributed by atoms with van der Waals surface area (Å²) in [5.41, 5.74) is 2.64. The minimum absolute atomic E-state index is 0.191. The largest absolute Gasteiger partial charge is 0.356 e. The quantitative estimate of drug-likeness (QED) is 0.678. The molecule has 26 heavy (non-hydrogen) atoms. The zero-order valence-electron chi connectivity index (χ0n) is 13.6. The molecule has 0 aliphatic heterocycles. The maximum Gasteiger partial charge on any atom is 0.267 e. The van der Waals surface area contributed by atoms with Crippen molar-refractivity contribution >= 4 is 23.3 Å². The number of aromatic amines is 1. The monoisotopic (exact) mass is 363 g/mol. The average molecular weight is 364 g/mol. The van der Waals surface area contributed by atoms with Crippen molar-refractivity contribution in [3.63, 3.8) is 0 Å². The van der Waals surface area contributed by atoms with E-state index in [-0.39, 0.29) is 11.7 Å². The molecule has 3 rings (SSSR count). The van der Waals surface area contributed by atoms with Gasteiger partial charge in [0, 0.05) is 28.9 Å². The number of amides is 1. The van der Waals surface area contributed by atoms with Crippen LogP contribution in [0.2, 0.25) is 5.02 Å². The van der Waals surface area contributed by atoms with Crippen molar-refractivity contribution in [1.29, 1.82) is 5.26 Å². The number of ketones is 1. The predicted octanol–water partition coefficient (Wildman–Crippen LogP) is 3.70. The normalized spacial score (nSPS) is 10.2. The van der Waals surface area contributed by atoms with Crippen LogP contribution in [0.5, 0.6) is 0 Å². The van der Waals surface area contributed by atoms with Gasteiger partial charge in [0.05, 0.1) is 11.6 Å². The zero-order valence-corrected chi connectivity index (χ0v) is 14.4. The number of halogens is 1. The number of nitrogens with zero attached hydrogens (tertiary/aromatic N) is 1. The van der Waals surface area contributed by atoms with Crippen molar-refractivity contribution < 1.29 is 9.59 Å². The molecular formula is C20H14ClN3O2. The summed E-state index contributed by atoms with van der Waals surface area (Å²) in [6, 6.07) is 17.1. The Balaban J connectivity index is 1.64. The molecule has 2 N–H and O–H groups in total. The van der Waals surface area contributed by atoms with Gasteiger partial charge in [-0.15, -0.1) is 0 Å². The number of benzene rings is 2. The fourth-order valence-electron chi connectivity index (χ4n) is 2.40. The summed E-state index contributed by atoms with van der Waals surface area (Å²) in [5.74, 6) is -0.506. The van der Waals surface area contributed by atoms with Crippen LogP contribution in [0.25, 0.3) is 0 Å². The lowest BCUT2D eigenvalue weighted by molar-refractivity contribution is 0.0946. The summed E-state index contributed by atoms with van der Waals surface area (Å²) in [4.78, 5) is 27.5. The number of rotatable bonds is 5. The highest BCUT2D eigenvalue weighted by atomic mass is 35.5. The molecule has 6 heteroatoms. The number of aromatic nitrogens is 1. The summed E-state index contributed by atoms with van der Waals surface area (Å²) in [6.45, 7) is 0.323. The number of carbonyl (C=O) groups is 2. The van der Waals surface area contributed by atoms with Crippen molar-refractivity contribution in [1.82, 2.24) is 10.3 Å². The van der Waals surface area contributed by atoms with Gasteiger partial charge in [-0.25, -0.2) is 0 Å². The molecule has 0 unspecified atom stereocenters. The molecule has 3 aromatic rings. The highest BCUT2D eigenvalue weighted by Crippen LogP contribution is 2.15. The molecule has 0 aliphatic carbocycles. The molecule has 5 nitrogen and oxygen atoms in total. The number of nitriles is 1. The third kappa shape index (κ3) is 4.00. The molecule has 0 saturated heterocycles. The molecule has 1 heterocycles. The SMILES string of the molecule is N#Cc1ccc(CNC(=O)c2cc(C(=O)c3ccc(Cl)cc3)c[nH]2)cc1. The third-order valence-electron chi connectivity index (χ3n) is 3.83. The van der Waals surface area contributed by atoms with Crippen LogP contribution < -0.4 is 5.32 Å². The van der Waals surface area contributed by atoms with Gasteiger partial charge < -0.3 is 10.3 Å². The molecule has 0 saturated carbocycles. The van der Waals surface area contributed by atoms with Crippen molar-refractivity contribution in [3.05, 3.63) is 93.8 Å². The van der Waals surface area contributed by atoms with E-state index in [2.05, 4.69) is 10.3 Å². The van der Waals surface area contributed by atoms with Gasteiger partial charge in [-0.3, -0.25) is 9.59 Å². The summed E-state index contributed by atoms with van der Waals surface area (Å²) in [6.07, 6.45) is 1.51. The van der Waals surface area contributed by atoms with Crippen LogP contribution in [0.4, 0.5) is 0 Å². The molecule has 1 amide bonds. The molecule has 128 valence electrons. The molecule has 0 spiro atoms. The lowest BCUT2D eigenvalue weighted by atomic mass is 10.1. The fourth-order valence-corrected chi connectivity index (χ4v) is 2.53. The van der Waals surface area contributed by atoms with Crippen LogP contribution in [0.3, 0.4) is 0 Å². The van der Waals surface area contributed by atoms with Gasteiger partial charge in [-0.2, -0.15) is 5.26 Å². The van der Waals surface area contributed by atoms with Crippen LogP contribution >= 0.6 is 11.6 Å².